The number of hydrogen-bond donors (Lipinski definition) is 0. The molecule has 0 saturated carbocycles. The van der Waals surface area contributed by atoms with Crippen molar-refractivity contribution in [2.24, 2.45) is 7.05 Å². The Balaban J connectivity index is 3.29. The Morgan fingerprint density at radius 3 is 2.11 bits per heavy atom. The summed E-state index contributed by atoms with van der Waals surface area (Å²) in [7, 11) is 1.75. The van der Waals surface area contributed by atoms with E-state index in [0.29, 0.717) is 10.3 Å². The Labute approximate surface area is 63.4 Å². The van der Waals surface area contributed by atoms with Crippen LogP contribution in [0.3, 0.4) is 0 Å². The fraction of sp³-hybridized carbons (Fsp3) is 0.400. The molecule has 0 aliphatic rings. The highest BCUT2D eigenvalue weighted by Gasteiger charge is 2.05. The van der Waals surface area contributed by atoms with Crippen LogP contribution < -0.4 is 0 Å². The van der Waals surface area contributed by atoms with E-state index in [-0.39, 0.29) is 0 Å². The molecule has 50 valence electrons. The van der Waals surface area contributed by atoms with Crippen LogP contribution in [0, 0.1) is 6.92 Å². The van der Waals surface area contributed by atoms with Crippen LogP contribution in [-0.4, -0.2) is 9.78 Å². The van der Waals surface area contributed by atoms with Crippen LogP contribution >= 0.6 is 23.2 Å². The van der Waals surface area contributed by atoms with Crippen LogP contribution in [0.25, 0.3) is 0 Å². The summed E-state index contributed by atoms with van der Waals surface area (Å²) in [4.78, 5) is 0. The van der Waals surface area contributed by atoms with E-state index in [0.717, 1.165) is 5.56 Å². The van der Waals surface area contributed by atoms with Crippen LogP contribution in [0.2, 0.25) is 10.3 Å². The van der Waals surface area contributed by atoms with Gasteiger partial charge in [-0.3, -0.25) is 4.68 Å². The van der Waals surface area contributed by atoms with Gasteiger partial charge in [-0.25, -0.2) is 0 Å². The minimum atomic E-state index is 0.475. The van der Waals surface area contributed by atoms with Gasteiger partial charge >= 0.3 is 0 Å². The van der Waals surface area contributed by atoms with Crippen molar-refractivity contribution >= 4 is 23.2 Å². The fourth-order valence-electron chi connectivity index (χ4n) is 0.578. The molecule has 0 saturated heterocycles. The maximum atomic E-state index is 5.71. The SMILES string of the molecule is Cc1c(Cl)nn(C)c1Cl. The highest BCUT2D eigenvalue weighted by molar-refractivity contribution is 6.34. The largest absolute Gasteiger partial charge is 0.255 e. The maximum absolute atomic E-state index is 5.71. The third-order valence-corrected chi connectivity index (χ3v) is 2.03. The molecule has 1 aromatic heterocycles. The van der Waals surface area contributed by atoms with Crippen molar-refractivity contribution in [2.45, 2.75) is 6.92 Å². The van der Waals surface area contributed by atoms with Gasteiger partial charge in [-0.2, -0.15) is 5.10 Å². The van der Waals surface area contributed by atoms with Gasteiger partial charge in [-0.05, 0) is 6.92 Å². The molecule has 0 spiro atoms. The molecule has 0 fully saturated rings. The zero-order valence-corrected chi connectivity index (χ0v) is 6.66. The maximum Gasteiger partial charge on any atom is 0.155 e. The van der Waals surface area contributed by atoms with Gasteiger partial charge in [0.2, 0.25) is 0 Å². The van der Waals surface area contributed by atoms with Crippen LogP contribution in [0.5, 0.6) is 0 Å². The van der Waals surface area contributed by atoms with Gasteiger partial charge in [0, 0.05) is 12.6 Å². The Kier molecular flexibility index (Phi) is 1.68. The molecule has 2 nitrogen and oxygen atoms in total. The van der Waals surface area contributed by atoms with Crippen LogP contribution in [-0.2, 0) is 7.05 Å². The molecule has 0 unspecified atom stereocenters. The van der Waals surface area contributed by atoms with E-state index < -0.39 is 0 Å². The van der Waals surface area contributed by atoms with E-state index in [1.165, 1.54) is 0 Å². The second kappa shape index (κ2) is 2.20. The first-order valence-corrected chi connectivity index (χ1v) is 3.23. The van der Waals surface area contributed by atoms with Crippen molar-refractivity contribution in [3.05, 3.63) is 15.9 Å². The molecule has 4 heteroatoms. The molecule has 0 amide bonds. The van der Waals surface area contributed by atoms with Crippen molar-refractivity contribution in [2.75, 3.05) is 0 Å². The van der Waals surface area contributed by atoms with Gasteiger partial charge in [0.25, 0.3) is 0 Å². The Bertz CT molecular complexity index is 207. The van der Waals surface area contributed by atoms with Crippen LogP contribution in [0.4, 0.5) is 0 Å². The normalized spacial score (nSPS) is 10.2. The minimum absolute atomic E-state index is 0.475. The molecule has 1 heterocycles. The summed E-state index contributed by atoms with van der Waals surface area (Å²) in [5, 5.41) is 4.93. The van der Waals surface area contributed by atoms with Gasteiger partial charge in [-0.15, -0.1) is 0 Å². The third-order valence-electron chi connectivity index (χ3n) is 1.14. The molecule has 0 bridgehead atoms. The Morgan fingerprint density at radius 2 is 2.00 bits per heavy atom. The molecular weight excluding hydrogens is 159 g/mol. The van der Waals surface area contributed by atoms with Crippen molar-refractivity contribution in [3.63, 3.8) is 0 Å². The number of aromatic nitrogens is 2. The van der Waals surface area contributed by atoms with Gasteiger partial charge in [-0.1, -0.05) is 23.2 Å². The van der Waals surface area contributed by atoms with Gasteiger partial charge in [0.05, 0.1) is 0 Å². The van der Waals surface area contributed by atoms with E-state index in [4.69, 9.17) is 23.2 Å². The standard InChI is InChI=1S/C5H6Cl2N2/c1-3-4(6)8-9(2)5(3)7/h1-2H3. The van der Waals surface area contributed by atoms with Crippen LogP contribution in [0.15, 0.2) is 0 Å². The number of halogens is 2. The topological polar surface area (TPSA) is 17.8 Å². The average Bonchev–Trinajstić information content (AvgIpc) is 1.98. The zero-order valence-electron chi connectivity index (χ0n) is 5.15. The Morgan fingerprint density at radius 1 is 1.44 bits per heavy atom. The van der Waals surface area contributed by atoms with Crippen molar-refractivity contribution in [1.82, 2.24) is 9.78 Å². The molecule has 0 N–H and O–H groups in total. The summed E-state index contributed by atoms with van der Waals surface area (Å²) in [6, 6.07) is 0. The smallest absolute Gasteiger partial charge is 0.155 e. The lowest BCUT2D eigenvalue weighted by Gasteiger charge is -1.87. The number of hydrogen-bond acceptors (Lipinski definition) is 1. The zero-order chi connectivity index (χ0) is 7.02. The van der Waals surface area contributed by atoms with E-state index >= 15 is 0 Å². The second-order valence-corrected chi connectivity index (χ2v) is 2.55. The third kappa shape index (κ3) is 1.05. The lowest BCUT2D eigenvalue weighted by Crippen LogP contribution is -1.88. The molecule has 0 atom stereocenters. The average molecular weight is 165 g/mol. The predicted molar refractivity (Wildman–Crippen MR) is 38.0 cm³/mol. The summed E-state index contributed by atoms with van der Waals surface area (Å²) >= 11 is 11.3. The molecule has 9 heavy (non-hydrogen) atoms. The van der Waals surface area contributed by atoms with Gasteiger partial charge in [0.15, 0.2) is 5.15 Å². The summed E-state index contributed by atoms with van der Waals surface area (Å²) in [5.41, 5.74) is 0.834. The van der Waals surface area contributed by atoms with Crippen molar-refractivity contribution < 1.29 is 0 Å². The van der Waals surface area contributed by atoms with Crippen molar-refractivity contribution in [3.8, 4) is 0 Å². The molecule has 0 aliphatic carbocycles. The molecular formula is C5H6Cl2N2. The van der Waals surface area contributed by atoms with Gasteiger partial charge < -0.3 is 0 Å². The lowest BCUT2D eigenvalue weighted by atomic mass is 10.4. The molecule has 0 radical (unpaired) electrons. The monoisotopic (exact) mass is 164 g/mol. The summed E-state index contributed by atoms with van der Waals surface area (Å²) in [6.45, 7) is 1.83. The highest BCUT2D eigenvalue weighted by atomic mass is 35.5. The van der Waals surface area contributed by atoms with Crippen LogP contribution in [0.1, 0.15) is 5.56 Å². The van der Waals surface area contributed by atoms with E-state index in [1.807, 2.05) is 6.92 Å². The molecule has 1 aromatic rings. The lowest BCUT2D eigenvalue weighted by molar-refractivity contribution is 0.768. The first kappa shape index (κ1) is 6.90. The van der Waals surface area contributed by atoms with Crippen molar-refractivity contribution in [1.29, 1.82) is 0 Å². The Hall–Kier alpha value is -0.210. The first-order chi connectivity index (χ1) is 4.13. The van der Waals surface area contributed by atoms with E-state index in [1.54, 1.807) is 11.7 Å². The van der Waals surface area contributed by atoms with E-state index in [2.05, 4.69) is 5.10 Å². The minimum Gasteiger partial charge on any atom is -0.255 e. The first-order valence-electron chi connectivity index (χ1n) is 2.47. The fourth-order valence-corrected chi connectivity index (χ4v) is 0.957. The summed E-state index contributed by atoms with van der Waals surface area (Å²) < 4.78 is 1.54. The second-order valence-electron chi connectivity index (χ2n) is 1.83. The number of nitrogens with zero attached hydrogens (tertiary/aromatic N) is 2. The molecule has 1 rings (SSSR count). The summed E-state index contributed by atoms with van der Waals surface area (Å²) in [5.74, 6) is 0. The number of aryl methyl sites for hydroxylation is 1. The highest BCUT2D eigenvalue weighted by Crippen LogP contribution is 2.20. The summed E-state index contributed by atoms with van der Waals surface area (Å²) in [6.07, 6.45) is 0. The molecule has 0 aliphatic heterocycles. The quantitative estimate of drug-likeness (QED) is 0.575. The van der Waals surface area contributed by atoms with Gasteiger partial charge in [0.1, 0.15) is 5.15 Å². The van der Waals surface area contributed by atoms with E-state index in [9.17, 15) is 0 Å². The number of rotatable bonds is 0. The molecule has 0 aromatic carbocycles. The predicted octanol–water partition coefficient (Wildman–Crippen LogP) is 2.04.